The van der Waals surface area contributed by atoms with Crippen LogP contribution in [0, 0.1) is 11.6 Å². The van der Waals surface area contributed by atoms with E-state index in [4.69, 9.17) is 0 Å². The Bertz CT molecular complexity index is 1460. The molecule has 1 unspecified atom stereocenters. The monoisotopic (exact) mass is 458 g/mol. The molecule has 0 aliphatic carbocycles. The van der Waals surface area contributed by atoms with E-state index in [1.165, 1.54) is 6.92 Å². The van der Waals surface area contributed by atoms with Crippen molar-refractivity contribution < 1.29 is 18.4 Å². The molecule has 2 N–H and O–H groups in total. The van der Waals surface area contributed by atoms with Crippen LogP contribution in [-0.2, 0) is 9.59 Å². The van der Waals surface area contributed by atoms with Gasteiger partial charge in [0.1, 0.15) is 17.5 Å². The minimum absolute atomic E-state index is 0.0233. The van der Waals surface area contributed by atoms with Gasteiger partial charge in [0.2, 0.25) is 11.8 Å². The van der Waals surface area contributed by atoms with E-state index in [1.807, 2.05) is 30.3 Å². The highest BCUT2D eigenvalue weighted by Gasteiger charge is 2.28. The molecule has 0 radical (unpaired) electrons. The zero-order chi connectivity index (χ0) is 23.8. The zero-order valence-corrected chi connectivity index (χ0v) is 18.2. The summed E-state index contributed by atoms with van der Waals surface area (Å²) in [5.74, 6) is -1.39. The van der Waals surface area contributed by atoms with Gasteiger partial charge in [-0.3, -0.25) is 9.59 Å². The van der Waals surface area contributed by atoms with Crippen LogP contribution in [0.4, 0.5) is 14.5 Å². The number of imidazole rings is 1. The number of H-pyrrole nitrogens is 1. The number of halogens is 2. The second kappa shape index (κ2) is 8.55. The summed E-state index contributed by atoms with van der Waals surface area (Å²) in [6.45, 7) is 1.47. The number of nitrogens with one attached hydrogen (secondary N) is 2. The van der Waals surface area contributed by atoms with Crippen molar-refractivity contribution in [2.75, 3.05) is 5.32 Å². The lowest BCUT2D eigenvalue weighted by atomic mass is 9.93. The topological polar surface area (TPSA) is 78.1 Å². The smallest absolute Gasteiger partial charge is 0.226 e. The van der Waals surface area contributed by atoms with Crippen LogP contribution in [-0.4, -0.2) is 26.7 Å². The Hall–Kier alpha value is -4.33. The Balaban J connectivity index is 1.38. The first-order valence-corrected chi connectivity index (χ1v) is 10.7. The molecule has 3 aromatic carbocycles. The standard InChI is InChI=1S/C26H20F2N4O2/c1-15(33)32-11-10-16-4-2-3-5-19(16)24(32)14-25(34)29-18-7-9-22-23(13-18)31-26(30-22)20-12-17(27)6-8-21(20)28/h2-13,24H,14H2,1H3,(H,29,34)(H,30,31). The Kier molecular flexibility index (Phi) is 5.41. The van der Waals surface area contributed by atoms with Crippen LogP contribution in [0.3, 0.4) is 0 Å². The van der Waals surface area contributed by atoms with Crippen LogP contribution in [0.5, 0.6) is 0 Å². The SMILES string of the molecule is CC(=O)N1C=Cc2ccccc2C1CC(=O)Nc1ccc2nc(-c3cc(F)ccc3F)[nH]c2c1. The van der Waals surface area contributed by atoms with E-state index in [-0.39, 0.29) is 29.6 Å². The number of rotatable bonds is 4. The van der Waals surface area contributed by atoms with E-state index in [2.05, 4.69) is 15.3 Å². The molecule has 170 valence electrons. The number of nitrogens with zero attached hydrogens (tertiary/aromatic N) is 2. The number of anilines is 1. The van der Waals surface area contributed by atoms with Gasteiger partial charge in [-0.25, -0.2) is 13.8 Å². The van der Waals surface area contributed by atoms with Crippen molar-refractivity contribution >= 4 is 34.6 Å². The third kappa shape index (κ3) is 4.05. The molecule has 0 fully saturated rings. The van der Waals surface area contributed by atoms with Crippen molar-refractivity contribution in [3.05, 3.63) is 89.6 Å². The normalized spacial score (nSPS) is 14.8. The molecule has 1 aliphatic heterocycles. The molecule has 0 spiro atoms. The zero-order valence-electron chi connectivity index (χ0n) is 18.2. The van der Waals surface area contributed by atoms with Gasteiger partial charge in [-0.15, -0.1) is 0 Å². The highest BCUT2D eigenvalue weighted by molar-refractivity contribution is 5.94. The number of carbonyl (C=O) groups is 2. The largest absolute Gasteiger partial charge is 0.338 e. The van der Waals surface area contributed by atoms with Crippen LogP contribution in [0.25, 0.3) is 28.5 Å². The summed E-state index contributed by atoms with van der Waals surface area (Å²) in [5.41, 5.74) is 3.52. The maximum Gasteiger partial charge on any atom is 0.226 e. The van der Waals surface area contributed by atoms with E-state index in [9.17, 15) is 18.4 Å². The summed E-state index contributed by atoms with van der Waals surface area (Å²) in [5, 5.41) is 2.86. The molecule has 8 heteroatoms. The molecule has 34 heavy (non-hydrogen) atoms. The average Bonchev–Trinajstić information content (AvgIpc) is 3.24. The van der Waals surface area contributed by atoms with Crippen LogP contribution in [0.15, 0.2) is 66.9 Å². The van der Waals surface area contributed by atoms with Crippen LogP contribution < -0.4 is 5.32 Å². The quantitative estimate of drug-likeness (QED) is 0.429. The fraction of sp³-hybridized carbons (Fsp3) is 0.115. The van der Waals surface area contributed by atoms with Gasteiger partial charge in [0.15, 0.2) is 0 Å². The molecule has 5 rings (SSSR count). The second-order valence-electron chi connectivity index (χ2n) is 8.08. The number of aromatic nitrogens is 2. The molecule has 4 aromatic rings. The van der Waals surface area contributed by atoms with Crippen LogP contribution in [0.1, 0.15) is 30.5 Å². The second-order valence-corrected chi connectivity index (χ2v) is 8.08. The average molecular weight is 458 g/mol. The molecular weight excluding hydrogens is 438 g/mol. The lowest BCUT2D eigenvalue weighted by Crippen LogP contribution is -2.33. The number of benzene rings is 3. The lowest BCUT2D eigenvalue weighted by molar-refractivity contribution is -0.129. The predicted octanol–water partition coefficient (Wildman–Crippen LogP) is 5.41. The molecular formula is C26H20F2N4O2. The minimum atomic E-state index is -0.592. The predicted molar refractivity (Wildman–Crippen MR) is 125 cm³/mol. The van der Waals surface area contributed by atoms with E-state index in [1.54, 1.807) is 29.3 Å². The summed E-state index contributed by atoms with van der Waals surface area (Å²) in [7, 11) is 0. The summed E-state index contributed by atoms with van der Waals surface area (Å²) < 4.78 is 27.7. The summed E-state index contributed by atoms with van der Waals surface area (Å²) in [6.07, 6.45) is 3.63. The lowest BCUT2D eigenvalue weighted by Gasteiger charge is -2.32. The fourth-order valence-electron chi connectivity index (χ4n) is 4.19. The van der Waals surface area contributed by atoms with Gasteiger partial charge >= 0.3 is 0 Å². The van der Waals surface area contributed by atoms with Gasteiger partial charge in [0.25, 0.3) is 0 Å². The van der Waals surface area contributed by atoms with Crippen molar-refractivity contribution in [3.8, 4) is 11.4 Å². The first-order valence-electron chi connectivity index (χ1n) is 10.7. The van der Waals surface area contributed by atoms with Gasteiger partial charge in [0.05, 0.1) is 29.1 Å². The van der Waals surface area contributed by atoms with Gasteiger partial charge in [-0.1, -0.05) is 24.3 Å². The maximum absolute atomic E-state index is 14.1. The number of carbonyl (C=O) groups excluding carboxylic acids is 2. The van der Waals surface area contributed by atoms with Crippen molar-refractivity contribution in [1.29, 1.82) is 0 Å². The number of hydrogen-bond donors (Lipinski definition) is 2. The van der Waals surface area contributed by atoms with E-state index < -0.39 is 17.7 Å². The van der Waals surface area contributed by atoms with Crippen LogP contribution >= 0.6 is 0 Å². The van der Waals surface area contributed by atoms with Gasteiger partial charge in [-0.2, -0.15) is 0 Å². The number of hydrogen-bond acceptors (Lipinski definition) is 3. The third-order valence-corrected chi connectivity index (χ3v) is 5.80. The minimum Gasteiger partial charge on any atom is -0.338 e. The van der Waals surface area contributed by atoms with Gasteiger partial charge in [-0.05, 0) is 53.6 Å². The summed E-state index contributed by atoms with van der Waals surface area (Å²) >= 11 is 0. The molecule has 6 nitrogen and oxygen atoms in total. The highest BCUT2D eigenvalue weighted by Crippen LogP contribution is 2.33. The highest BCUT2D eigenvalue weighted by atomic mass is 19.1. The molecule has 1 aliphatic rings. The Labute approximate surface area is 193 Å². The Morgan fingerprint density at radius 3 is 2.74 bits per heavy atom. The van der Waals surface area contributed by atoms with E-state index in [0.29, 0.717) is 16.7 Å². The van der Waals surface area contributed by atoms with Crippen molar-refractivity contribution in [3.63, 3.8) is 0 Å². The van der Waals surface area contributed by atoms with Gasteiger partial charge < -0.3 is 15.2 Å². The number of amides is 2. The summed E-state index contributed by atoms with van der Waals surface area (Å²) in [4.78, 5) is 33.9. The van der Waals surface area contributed by atoms with E-state index >= 15 is 0 Å². The number of aromatic amines is 1. The molecule has 2 amide bonds. The molecule has 0 saturated heterocycles. The summed E-state index contributed by atoms with van der Waals surface area (Å²) in [6, 6.07) is 15.4. The van der Waals surface area contributed by atoms with Crippen molar-refractivity contribution in [2.24, 2.45) is 0 Å². The Morgan fingerprint density at radius 2 is 1.91 bits per heavy atom. The molecule has 1 atom stereocenters. The van der Waals surface area contributed by atoms with Crippen molar-refractivity contribution in [1.82, 2.24) is 14.9 Å². The molecule has 1 aromatic heterocycles. The van der Waals surface area contributed by atoms with E-state index in [0.717, 1.165) is 29.3 Å². The Morgan fingerprint density at radius 1 is 1.09 bits per heavy atom. The third-order valence-electron chi connectivity index (χ3n) is 5.80. The molecule has 2 heterocycles. The van der Waals surface area contributed by atoms with Crippen LogP contribution in [0.2, 0.25) is 0 Å². The van der Waals surface area contributed by atoms with Gasteiger partial charge in [0, 0.05) is 18.8 Å². The first-order chi connectivity index (χ1) is 16.4. The number of fused-ring (bicyclic) bond motifs is 2. The van der Waals surface area contributed by atoms with Crippen molar-refractivity contribution in [2.45, 2.75) is 19.4 Å². The molecule has 0 bridgehead atoms. The maximum atomic E-state index is 14.1. The first kappa shape index (κ1) is 21.5. The fourth-order valence-corrected chi connectivity index (χ4v) is 4.19. The molecule has 0 saturated carbocycles.